The lowest BCUT2D eigenvalue weighted by atomic mass is 9.79. The van der Waals surface area contributed by atoms with Gasteiger partial charge in [0.25, 0.3) is 0 Å². The molecule has 1 aromatic carbocycles. The number of hydrogen-bond acceptors (Lipinski definition) is 3. The Kier molecular flexibility index (Phi) is 6.37. The molecule has 1 rings (SSSR count). The highest BCUT2D eigenvalue weighted by Gasteiger charge is 2.34. The standard InChI is InChI=1S/C17H26O3/c1-5-15(18)13(2)16(19)17(3,4)12-20-11-14-9-7-6-8-10-14/h6-10,13,16,19H,5,11-12H2,1-4H3. The van der Waals surface area contributed by atoms with Crippen molar-refractivity contribution in [2.24, 2.45) is 11.3 Å². The fourth-order valence-corrected chi connectivity index (χ4v) is 2.27. The monoisotopic (exact) mass is 278 g/mol. The quantitative estimate of drug-likeness (QED) is 0.794. The van der Waals surface area contributed by atoms with E-state index in [-0.39, 0.29) is 11.7 Å². The predicted octanol–water partition coefficient (Wildman–Crippen LogP) is 3.21. The van der Waals surface area contributed by atoms with Crippen molar-refractivity contribution in [2.45, 2.75) is 46.8 Å². The highest BCUT2D eigenvalue weighted by atomic mass is 16.5. The minimum atomic E-state index is -0.689. The van der Waals surface area contributed by atoms with Crippen LogP contribution in [0.5, 0.6) is 0 Å². The highest BCUT2D eigenvalue weighted by Crippen LogP contribution is 2.28. The van der Waals surface area contributed by atoms with Gasteiger partial charge in [-0.15, -0.1) is 0 Å². The minimum absolute atomic E-state index is 0.0913. The number of ether oxygens (including phenoxy) is 1. The molecule has 0 amide bonds. The van der Waals surface area contributed by atoms with E-state index in [1.165, 1.54) is 0 Å². The zero-order valence-electron chi connectivity index (χ0n) is 12.9. The summed E-state index contributed by atoms with van der Waals surface area (Å²) in [5, 5.41) is 10.3. The Bertz CT molecular complexity index is 412. The fourth-order valence-electron chi connectivity index (χ4n) is 2.27. The number of aliphatic hydroxyl groups excluding tert-OH is 1. The summed E-state index contributed by atoms with van der Waals surface area (Å²) in [7, 11) is 0. The number of carbonyl (C=O) groups excluding carboxylic acids is 1. The second kappa shape index (κ2) is 7.55. The van der Waals surface area contributed by atoms with Gasteiger partial charge >= 0.3 is 0 Å². The molecule has 0 aliphatic heterocycles. The summed E-state index contributed by atoms with van der Waals surface area (Å²) in [6.45, 7) is 8.42. The second-order valence-corrected chi connectivity index (χ2v) is 6.02. The third-order valence-corrected chi connectivity index (χ3v) is 3.72. The molecular weight excluding hydrogens is 252 g/mol. The minimum Gasteiger partial charge on any atom is -0.392 e. The zero-order chi connectivity index (χ0) is 15.2. The molecule has 112 valence electrons. The molecule has 2 atom stereocenters. The molecule has 1 N–H and O–H groups in total. The van der Waals surface area contributed by atoms with Gasteiger partial charge in [-0.1, -0.05) is 58.0 Å². The van der Waals surface area contributed by atoms with Gasteiger partial charge in [-0.25, -0.2) is 0 Å². The molecule has 3 nitrogen and oxygen atoms in total. The SMILES string of the molecule is CCC(=O)C(C)C(O)C(C)(C)COCc1ccccc1. The zero-order valence-corrected chi connectivity index (χ0v) is 12.9. The van der Waals surface area contributed by atoms with Crippen LogP contribution in [0, 0.1) is 11.3 Å². The normalized spacial score (nSPS) is 14.8. The number of aliphatic hydroxyl groups is 1. The van der Waals surface area contributed by atoms with Gasteiger partial charge in [-0.05, 0) is 5.56 Å². The molecule has 0 spiro atoms. The lowest BCUT2D eigenvalue weighted by Gasteiger charge is -2.33. The van der Waals surface area contributed by atoms with Gasteiger partial charge < -0.3 is 9.84 Å². The molecule has 0 radical (unpaired) electrons. The van der Waals surface area contributed by atoms with Crippen molar-refractivity contribution in [3.63, 3.8) is 0 Å². The lowest BCUT2D eigenvalue weighted by Crippen LogP contribution is -2.41. The van der Waals surface area contributed by atoms with Crippen LogP contribution in [0.15, 0.2) is 30.3 Å². The van der Waals surface area contributed by atoms with Crippen LogP contribution in [-0.2, 0) is 16.1 Å². The highest BCUT2D eigenvalue weighted by molar-refractivity contribution is 5.80. The van der Waals surface area contributed by atoms with E-state index in [0.717, 1.165) is 5.56 Å². The van der Waals surface area contributed by atoms with Crippen LogP contribution < -0.4 is 0 Å². The molecule has 0 heterocycles. The van der Waals surface area contributed by atoms with Crippen molar-refractivity contribution in [2.75, 3.05) is 6.61 Å². The maximum atomic E-state index is 11.7. The summed E-state index contributed by atoms with van der Waals surface area (Å²) in [6, 6.07) is 9.93. The Morgan fingerprint density at radius 3 is 2.45 bits per heavy atom. The number of ketones is 1. The van der Waals surface area contributed by atoms with Gasteiger partial charge in [0.2, 0.25) is 0 Å². The molecule has 0 aliphatic carbocycles. The second-order valence-electron chi connectivity index (χ2n) is 6.02. The Balaban J connectivity index is 2.50. The van der Waals surface area contributed by atoms with Crippen LogP contribution in [0.2, 0.25) is 0 Å². The molecule has 1 aromatic rings. The first-order valence-corrected chi connectivity index (χ1v) is 7.21. The van der Waals surface area contributed by atoms with Gasteiger partial charge in [0.1, 0.15) is 5.78 Å². The van der Waals surface area contributed by atoms with Crippen LogP contribution >= 0.6 is 0 Å². The molecule has 0 bridgehead atoms. The van der Waals surface area contributed by atoms with E-state index in [1.807, 2.05) is 51.1 Å². The van der Waals surface area contributed by atoms with Gasteiger partial charge in [0, 0.05) is 17.8 Å². The summed E-state index contributed by atoms with van der Waals surface area (Å²) in [4.78, 5) is 11.7. The number of carbonyl (C=O) groups is 1. The third kappa shape index (κ3) is 4.73. The fraction of sp³-hybridized carbons (Fsp3) is 0.588. The van der Waals surface area contributed by atoms with Crippen molar-refractivity contribution in [3.8, 4) is 0 Å². The molecule has 20 heavy (non-hydrogen) atoms. The Morgan fingerprint density at radius 2 is 1.90 bits per heavy atom. The molecule has 0 aromatic heterocycles. The largest absolute Gasteiger partial charge is 0.392 e. The third-order valence-electron chi connectivity index (χ3n) is 3.72. The average molecular weight is 278 g/mol. The molecule has 0 saturated heterocycles. The maximum absolute atomic E-state index is 11.7. The van der Waals surface area contributed by atoms with Gasteiger partial charge in [0.15, 0.2) is 0 Å². The number of rotatable bonds is 8. The van der Waals surface area contributed by atoms with Gasteiger partial charge in [0.05, 0.1) is 19.3 Å². The lowest BCUT2D eigenvalue weighted by molar-refractivity contribution is -0.130. The van der Waals surface area contributed by atoms with Crippen molar-refractivity contribution in [1.29, 1.82) is 0 Å². The van der Waals surface area contributed by atoms with E-state index in [2.05, 4.69) is 0 Å². The van der Waals surface area contributed by atoms with Crippen molar-refractivity contribution in [1.82, 2.24) is 0 Å². The summed E-state index contributed by atoms with van der Waals surface area (Å²) >= 11 is 0. The molecule has 0 aliphatic rings. The number of hydrogen-bond donors (Lipinski definition) is 1. The van der Waals surface area contributed by atoms with Crippen molar-refractivity contribution in [3.05, 3.63) is 35.9 Å². The summed E-state index contributed by atoms with van der Waals surface area (Å²) in [6.07, 6.45) is -0.232. The van der Waals surface area contributed by atoms with Crippen LogP contribution in [0.3, 0.4) is 0 Å². The van der Waals surface area contributed by atoms with E-state index in [9.17, 15) is 9.90 Å². The van der Waals surface area contributed by atoms with Gasteiger partial charge in [-0.3, -0.25) is 4.79 Å². The molecule has 0 fully saturated rings. The van der Waals surface area contributed by atoms with E-state index in [4.69, 9.17) is 4.74 Å². The Labute approximate surface area is 122 Å². The maximum Gasteiger partial charge on any atom is 0.138 e. The van der Waals surface area contributed by atoms with Crippen LogP contribution in [0.4, 0.5) is 0 Å². The van der Waals surface area contributed by atoms with E-state index in [1.54, 1.807) is 6.92 Å². The molecule has 2 unspecified atom stereocenters. The Hall–Kier alpha value is -1.19. The first-order chi connectivity index (χ1) is 9.38. The number of benzene rings is 1. The van der Waals surface area contributed by atoms with Crippen LogP contribution in [0.25, 0.3) is 0 Å². The topological polar surface area (TPSA) is 46.5 Å². The molecular formula is C17H26O3. The molecule has 0 saturated carbocycles. The predicted molar refractivity (Wildman–Crippen MR) is 80.3 cm³/mol. The van der Waals surface area contributed by atoms with Crippen LogP contribution in [-0.4, -0.2) is 23.6 Å². The van der Waals surface area contributed by atoms with Crippen LogP contribution in [0.1, 0.15) is 39.7 Å². The first-order valence-electron chi connectivity index (χ1n) is 7.21. The smallest absolute Gasteiger partial charge is 0.138 e. The average Bonchev–Trinajstić information content (AvgIpc) is 2.45. The summed E-state index contributed by atoms with van der Waals surface area (Å²) in [5.74, 6) is -0.260. The Morgan fingerprint density at radius 1 is 1.30 bits per heavy atom. The van der Waals surface area contributed by atoms with Crippen molar-refractivity contribution < 1.29 is 14.6 Å². The van der Waals surface area contributed by atoms with E-state index < -0.39 is 11.5 Å². The molecule has 3 heteroatoms. The summed E-state index contributed by atoms with van der Waals surface area (Å²) in [5.41, 5.74) is 0.662. The summed E-state index contributed by atoms with van der Waals surface area (Å²) < 4.78 is 5.70. The van der Waals surface area contributed by atoms with E-state index in [0.29, 0.717) is 19.6 Å². The number of Topliss-reactive ketones (excluding diaryl/α,β-unsaturated/α-hetero) is 1. The van der Waals surface area contributed by atoms with E-state index >= 15 is 0 Å². The van der Waals surface area contributed by atoms with Gasteiger partial charge in [-0.2, -0.15) is 0 Å². The first kappa shape index (κ1) is 16.9. The van der Waals surface area contributed by atoms with Crippen molar-refractivity contribution >= 4 is 5.78 Å².